The van der Waals surface area contributed by atoms with Crippen LogP contribution in [0.15, 0.2) is 53.4 Å². The summed E-state index contributed by atoms with van der Waals surface area (Å²) < 4.78 is 19.0. The van der Waals surface area contributed by atoms with Gasteiger partial charge >= 0.3 is 0 Å². The fourth-order valence-corrected chi connectivity index (χ4v) is 3.68. The van der Waals surface area contributed by atoms with Crippen molar-refractivity contribution in [2.45, 2.75) is 18.8 Å². The number of carbonyl (C=O) groups excluding carboxylic acids is 1. The molecular formula is C22H19FN6O2. The lowest BCUT2D eigenvalue weighted by atomic mass is 9.98. The first-order valence-electron chi connectivity index (χ1n) is 10.0. The molecule has 5 rings (SSSR count). The van der Waals surface area contributed by atoms with Crippen molar-refractivity contribution in [3.8, 4) is 11.1 Å². The highest BCUT2D eigenvalue weighted by molar-refractivity contribution is 6.02. The minimum atomic E-state index is -0.414. The molecule has 0 saturated carbocycles. The van der Waals surface area contributed by atoms with Crippen molar-refractivity contribution in [1.82, 2.24) is 25.5 Å². The van der Waals surface area contributed by atoms with E-state index in [-0.39, 0.29) is 11.6 Å². The van der Waals surface area contributed by atoms with Crippen LogP contribution in [0.4, 0.5) is 10.2 Å². The maximum Gasteiger partial charge on any atom is 0.278 e. The number of benzene rings is 1. The number of halogens is 1. The summed E-state index contributed by atoms with van der Waals surface area (Å²) in [5, 5.41) is 15.0. The molecule has 1 aliphatic heterocycles. The van der Waals surface area contributed by atoms with Gasteiger partial charge in [-0.2, -0.15) is 0 Å². The molecule has 2 N–H and O–H groups in total. The Morgan fingerprint density at radius 1 is 1.10 bits per heavy atom. The minimum absolute atomic E-state index is 0.204. The van der Waals surface area contributed by atoms with E-state index in [0.29, 0.717) is 22.8 Å². The Labute approximate surface area is 176 Å². The van der Waals surface area contributed by atoms with E-state index in [9.17, 15) is 9.18 Å². The number of nitrogens with zero attached hydrogens (tertiary/aromatic N) is 4. The number of pyridine rings is 1. The summed E-state index contributed by atoms with van der Waals surface area (Å²) in [6.45, 7) is 1.82. The number of oxazole rings is 1. The van der Waals surface area contributed by atoms with Crippen molar-refractivity contribution in [3.05, 3.63) is 66.4 Å². The van der Waals surface area contributed by atoms with E-state index in [4.69, 9.17) is 4.42 Å². The van der Waals surface area contributed by atoms with Crippen molar-refractivity contribution >= 4 is 22.6 Å². The SMILES string of the molecule is O=C(Nc1cc2cc(-c3cncc(F)c3)ccc2nn1)c1coc(C2CCNCC2)n1. The Morgan fingerprint density at radius 3 is 2.81 bits per heavy atom. The highest BCUT2D eigenvalue weighted by Gasteiger charge is 2.22. The van der Waals surface area contributed by atoms with E-state index in [1.807, 2.05) is 12.1 Å². The van der Waals surface area contributed by atoms with E-state index in [0.717, 1.165) is 43.1 Å². The number of carbonyl (C=O) groups is 1. The number of rotatable bonds is 4. The third-order valence-corrected chi connectivity index (χ3v) is 5.31. The number of fused-ring (bicyclic) bond motifs is 1. The highest BCUT2D eigenvalue weighted by atomic mass is 19.1. The van der Waals surface area contributed by atoms with E-state index in [1.165, 1.54) is 12.3 Å². The number of hydrogen-bond donors (Lipinski definition) is 2. The van der Waals surface area contributed by atoms with Crippen LogP contribution in [0.25, 0.3) is 22.0 Å². The normalized spacial score (nSPS) is 14.6. The fourth-order valence-electron chi connectivity index (χ4n) is 3.68. The lowest BCUT2D eigenvalue weighted by molar-refractivity contribution is 0.102. The predicted molar refractivity (Wildman–Crippen MR) is 112 cm³/mol. The smallest absolute Gasteiger partial charge is 0.278 e. The van der Waals surface area contributed by atoms with Crippen molar-refractivity contribution in [2.24, 2.45) is 0 Å². The molecule has 1 fully saturated rings. The molecule has 8 nitrogen and oxygen atoms in total. The molecule has 1 aliphatic rings. The number of aromatic nitrogens is 4. The molecule has 1 saturated heterocycles. The van der Waals surface area contributed by atoms with Crippen molar-refractivity contribution in [2.75, 3.05) is 18.4 Å². The van der Waals surface area contributed by atoms with Crippen LogP contribution < -0.4 is 10.6 Å². The van der Waals surface area contributed by atoms with Crippen LogP contribution in [0.3, 0.4) is 0 Å². The summed E-state index contributed by atoms with van der Waals surface area (Å²) in [6, 6.07) is 8.59. The zero-order valence-corrected chi connectivity index (χ0v) is 16.5. The Balaban J connectivity index is 1.36. The average molecular weight is 418 g/mol. The van der Waals surface area contributed by atoms with Gasteiger partial charge in [-0.05, 0) is 55.8 Å². The van der Waals surface area contributed by atoms with Gasteiger partial charge in [-0.1, -0.05) is 6.07 Å². The molecule has 9 heteroatoms. The molecule has 156 valence electrons. The summed E-state index contributed by atoms with van der Waals surface area (Å²) in [5.41, 5.74) is 2.29. The summed E-state index contributed by atoms with van der Waals surface area (Å²) in [7, 11) is 0. The molecule has 0 spiro atoms. The first kappa shape index (κ1) is 19.3. The molecular weight excluding hydrogens is 399 g/mol. The Kier molecular flexibility index (Phi) is 5.09. The van der Waals surface area contributed by atoms with E-state index in [1.54, 1.807) is 18.3 Å². The molecule has 0 aliphatic carbocycles. The Hall–Kier alpha value is -3.72. The average Bonchev–Trinajstić information content (AvgIpc) is 3.30. The van der Waals surface area contributed by atoms with Gasteiger partial charge in [0.25, 0.3) is 5.91 Å². The molecule has 1 aromatic carbocycles. The standard InChI is InChI=1S/C22H19FN6O2/c23-17-8-16(10-25-11-17)14-1-2-18-15(7-14)9-20(29-28-18)27-21(30)19-12-31-22(26-19)13-3-5-24-6-4-13/h1-2,7-13,24H,3-6H2,(H,27,29,30). The van der Waals surface area contributed by atoms with Crippen LogP contribution in [0.1, 0.15) is 35.1 Å². The van der Waals surface area contributed by atoms with Crippen molar-refractivity contribution in [3.63, 3.8) is 0 Å². The van der Waals surface area contributed by atoms with Crippen LogP contribution >= 0.6 is 0 Å². The van der Waals surface area contributed by atoms with Gasteiger partial charge < -0.3 is 15.1 Å². The summed E-state index contributed by atoms with van der Waals surface area (Å²) >= 11 is 0. The molecule has 1 amide bonds. The first-order chi connectivity index (χ1) is 15.2. The van der Waals surface area contributed by atoms with Crippen LogP contribution in [-0.4, -0.2) is 39.2 Å². The van der Waals surface area contributed by atoms with Gasteiger partial charge in [0.05, 0.1) is 11.7 Å². The van der Waals surface area contributed by atoms with Crippen molar-refractivity contribution < 1.29 is 13.6 Å². The van der Waals surface area contributed by atoms with E-state index in [2.05, 4.69) is 30.8 Å². The number of anilines is 1. The van der Waals surface area contributed by atoms with Crippen LogP contribution in [0, 0.1) is 5.82 Å². The molecule has 0 bridgehead atoms. The lowest BCUT2D eigenvalue weighted by Gasteiger charge is -2.19. The summed E-state index contributed by atoms with van der Waals surface area (Å²) in [6.07, 6.45) is 5.98. The minimum Gasteiger partial charge on any atom is -0.448 e. The van der Waals surface area contributed by atoms with Crippen LogP contribution in [0.2, 0.25) is 0 Å². The maximum atomic E-state index is 13.5. The molecule has 0 unspecified atom stereocenters. The second kappa shape index (κ2) is 8.19. The maximum absolute atomic E-state index is 13.5. The molecule has 3 aromatic heterocycles. The third kappa shape index (κ3) is 4.13. The number of amides is 1. The zero-order chi connectivity index (χ0) is 21.2. The Morgan fingerprint density at radius 2 is 1.97 bits per heavy atom. The zero-order valence-electron chi connectivity index (χ0n) is 16.5. The largest absolute Gasteiger partial charge is 0.448 e. The van der Waals surface area contributed by atoms with Gasteiger partial charge in [-0.15, -0.1) is 10.2 Å². The number of nitrogens with one attached hydrogen (secondary N) is 2. The highest BCUT2D eigenvalue weighted by Crippen LogP contribution is 2.26. The Bertz CT molecular complexity index is 1250. The molecule has 4 heterocycles. The van der Waals surface area contributed by atoms with Gasteiger partial charge in [-0.3, -0.25) is 9.78 Å². The van der Waals surface area contributed by atoms with Gasteiger partial charge in [0.15, 0.2) is 17.4 Å². The van der Waals surface area contributed by atoms with Crippen LogP contribution in [-0.2, 0) is 0 Å². The third-order valence-electron chi connectivity index (χ3n) is 5.31. The fraction of sp³-hybridized carbons (Fsp3) is 0.227. The van der Waals surface area contributed by atoms with Crippen LogP contribution in [0.5, 0.6) is 0 Å². The number of hydrogen-bond acceptors (Lipinski definition) is 7. The summed E-state index contributed by atoms with van der Waals surface area (Å²) in [4.78, 5) is 20.9. The number of piperidine rings is 1. The van der Waals surface area contributed by atoms with Gasteiger partial charge in [0.1, 0.15) is 12.1 Å². The second-order valence-corrected chi connectivity index (χ2v) is 7.44. The molecule has 0 atom stereocenters. The van der Waals surface area contributed by atoms with Gasteiger partial charge in [-0.25, -0.2) is 9.37 Å². The molecule has 4 aromatic rings. The lowest BCUT2D eigenvalue weighted by Crippen LogP contribution is -2.26. The van der Waals surface area contributed by atoms with E-state index < -0.39 is 11.7 Å². The molecule has 31 heavy (non-hydrogen) atoms. The molecule has 0 radical (unpaired) electrons. The second-order valence-electron chi connectivity index (χ2n) is 7.44. The summed E-state index contributed by atoms with van der Waals surface area (Å²) in [5.74, 6) is 0.278. The predicted octanol–water partition coefficient (Wildman–Crippen LogP) is 3.54. The quantitative estimate of drug-likeness (QED) is 0.522. The van der Waals surface area contributed by atoms with Gasteiger partial charge in [0, 0.05) is 23.1 Å². The van der Waals surface area contributed by atoms with E-state index >= 15 is 0 Å². The monoisotopic (exact) mass is 418 g/mol. The van der Waals surface area contributed by atoms with Crippen molar-refractivity contribution in [1.29, 1.82) is 0 Å². The topological polar surface area (TPSA) is 106 Å². The van der Waals surface area contributed by atoms with Gasteiger partial charge in [0.2, 0.25) is 0 Å². The first-order valence-corrected chi connectivity index (χ1v) is 10.0.